The monoisotopic (exact) mass is 442 g/mol. The highest BCUT2D eigenvalue weighted by molar-refractivity contribution is 9.10. The van der Waals surface area contributed by atoms with Crippen molar-refractivity contribution in [3.63, 3.8) is 0 Å². The van der Waals surface area contributed by atoms with Crippen molar-refractivity contribution in [3.8, 4) is 5.75 Å². The third-order valence-corrected chi connectivity index (χ3v) is 6.54. The second-order valence-corrected chi connectivity index (χ2v) is 8.28. The summed E-state index contributed by atoms with van der Waals surface area (Å²) in [4.78, 5) is 28.5. The zero-order chi connectivity index (χ0) is 18.9. The summed E-state index contributed by atoms with van der Waals surface area (Å²) in [5, 5.41) is 3.26. The number of hydrogen-bond acceptors (Lipinski definition) is 4. The molecule has 0 saturated carbocycles. The van der Waals surface area contributed by atoms with Crippen LogP contribution in [0, 0.1) is 5.92 Å². The lowest BCUT2D eigenvalue weighted by molar-refractivity contribution is -0.139. The van der Waals surface area contributed by atoms with Crippen molar-refractivity contribution in [2.24, 2.45) is 5.92 Å². The highest BCUT2D eigenvalue weighted by atomic mass is 79.9. The molecule has 1 N–H and O–H groups in total. The molecule has 3 atom stereocenters. The van der Waals surface area contributed by atoms with E-state index in [-0.39, 0.29) is 5.91 Å². The Kier molecular flexibility index (Phi) is 3.52. The average Bonchev–Trinajstić information content (AvgIpc) is 3.10. The molecular weight excluding hydrogens is 428 g/mol. The molecule has 2 aromatic carbocycles. The Labute approximate surface area is 169 Å². The molecule has 27 heavy (non-hydrogen) atoms. The van der Waals surface area contributed by atoms with E-state index in [2.05, 4.69) is 21.2 Å². The van der Waals surface area contributed by atoms with Gasteiger partial charge in [-0.15, -0.1) is 0 Å². The van der Waals surface area contributed by atoms with Gasteiger partial charge in [-0.05, 0) is 31.2 Å². The van der Waals surface area contributed by atoms with E-state index in [4.69, 9.17) is 17.0 Å². The van der Waals surface area contributed by atoms with Gasteiger partial charge >= 0.3 is 5.97 Å². The zero-order valence-corrected chi connectivity index (χ0v) is 16.8. The van der Waals surface area contributed by atoms with Gasteiger partial charge in [0, 0.05) is 33.7 Å². The van der Waals surface area contributed by atoms with E-state index in [1.807, 2.05) is 43.3 Å². The Morgan fingerprint density at radius 1 is 1.26 bits per heavy atom. The van der Waals surface area contributed by atoms with Gasteiger partial charge < -0.3 is 15.0 Å². The van der Waals surface area contributed by atoms with Crippen LogP contribution in [0.3, 0.4) is 0 Å². The Hall–Kier alpha value is -2.25. The minimum absolute atomic E-state index is 0.0818. The minimum Gasteiger partial charge on any atom is -0.426 e. The first kappa shape index (κ1) is 16.9. The lowest BCUT2D eigenvalue weighted by Gasteiger charge is -2.35. The fraction of sp³-hybridized carbons (Fsp3) is 0.250. The predicted octanol–water partition coefficient (Wildman–Crippen LogP) is 3.26. The number of anilines is 1. The number of hydrogen-bond donors (Lipinski definition) is 1. The van der Waals surface area contributed by atoms with Gasteiger partial charge in [0.1, 0.15) is 11.7 Å². The van der Waals surface area contributed by atoms with Crippen LogP contribution in [0.4, 0.5) is 5.69 Å². The van der Waals surface area contributed by atoms with Crippen molar-refractivity contribution in [2.45, 2.75) is 18.4 Å². The van der Waals surface area contributed by atoms with Gasteiger partial charge in [0.15, 0.2) is 5.54 Å². The maximum absolute atomic E-state index is 13.7. The van der Waals surface area contributed by atoms with Crippen molar-refractivity contribution >= 4 is 50.7 Å². The Morgan fingerprint density at radius 2 is 2.04 bits per heavy atom. The molecule has 5 nitrogen and oxygen atoms in total. The van der Waals surface area contributed by atoms with Crippen molar-refractivity contribution in [1.82, 2.24) is 5.32 Å². The number of fused-ring (bicyclic) bond motifs is 6. The molecule has 136 valence electrons. The van der Waals surface area contributed by atoms with Crippen molar-refractivity contribution in [3.05, 3.63) is 58.1 Å². The second kappa shape index (κ2) is 5.62. The highest BCUT2D eigenvalue weighted by Gasteiger charge is 2.66. The summed E-state index contributed by atoms with van der Waals surface area (Å²) < 4.78 is 6.40. The van der Waals surface area contributed by atoms with Crippen LogP contribution in [0.15, 0.2) is 46.9 Å². The molecule has 1 amide bonds. The maximum atomic E-state index is 13.7. The van der Waals surface area contributed by atoms with Crippen LogP contribution in [0.2, 0.25) is 0 Å². The molecule has 3 aliphatic heterocycles. The number of thiocarbonyl (C=S) groups is 1. The van der Waals surface area contributed by atoms with Crippen LogP contribution in [0.1, 0.15) is 24.0 Å². The maximum Gasteiger partial charge on any atom is 0.322 e. The van der Waals surface area contributed by atoms with Crippen molar-refractivity contribution in [1.29, 1.82) is 0 Å². The van der Waals surface area contributed by atoms with E-state index in [9.17, 15) is 9.59 Å². The number of carbonyl (C=O) groups is 2. The molecule has 0 aliphatic carbocycles. The number of amides is 1. The van der Waals surface area contributed by atoms with Crippen LogP contribution in [-0.2, 0) is 15.1 Å². The first-order chi connectivity index (χ1) is 13.0. The van der Waals surface area contributed by atoms with E-state index in [1.165, 1.54) is 0 Å². The molecule has 3 aliphatic rings. The normalized spacial score (nSPS) is 27.9. The molecule has 2 aromatic rings. The molecule has 0 unspecified atom stereocenters. The SMILES string of the molecule is CCN1C(=O)[C@]2(NC(=S)[C@H]3C(=O)Oc4ccc(Br)cc4[C@H]32)c2ccccc21. The van der Waals surface area contributed by atoms with E-state index >= 15 is 0 Å². The zero-order valence-electron chi connectivity index (χ0n) is 14.4. The predicted molar refractivity (Wildman–Crippen MR) is 108 cm³/mol. The number of esters is 1. The quantitative estimate of drug-likeness (QED) is 0.417. The summed E-state index contributed by atoms with van der Waals surface area (Å²) in [7, 11) is 0. The average molecular weight is 443 g/mol. The first-order valence-electron chi connectivity index (χ1n) is 8.73. The third kappa shape index (κ3) is 2.01. The molecule has 1 fully saturated rings. The number of carbonyl (C=O) groups excluding carboxylic acids is 2. The van der Waals surface area contributed by atoms with Crippen molar-refractivity contribution < 1.29 is 14.3 Å². The standard InChI is InChI=1S/C20H15BrN2O3S/c1-2-23-13-6-4-3-5-12(13)20(19(23)25)16-11-9-10(21)7-8-14(11)26-18(24)15(16)17(27)22-20/h3-9,15-16H,2H2,1H3,(H,22,27)/t15-,16+,20-/m0/s1. The molecule has 1 saturated heterocycles. The molecule has 7 heteroatoms. The van der Waals surface area contributed by atoms with E-state index < -0.39 is 23.3 Å². The molecule has 0 radical (unpaired) electrons. The van der Waals surface area contributed by atoms with Crippen molar-refractivity contribution in [2.75, 3.05) is 11.4 Å². The largest absolute Gasteiger partial charge is 0.426 e. The van der Waals surface area contributed by atoms with Gasteiger partial charge in [0.25, 0.3) is 5.91 Å². The second-order valence-electron chi connectivity index (χ2n) is 6.92. The summed E-state index contributed by atoms with van der Waals surface area (Å²) in [6.07, 6.45) is 0. The number of rotatable bonds is 1. The van der Waals surface area contributed by atoms with Gasteiger partial charge in [-0.1, -0.05) is 46.3 Å². The Morgan fingerprint density at radius 3 is 2.81 bits per heavy atom. The summed E-state index contributed by atoms with van der Waals surface area (Å²) in [6.45, 7) is 2.48. The number of ether oxygens (including phenoxy) is 1. The topological polar surface area (TPSA) is 58.6 Å². The van der Waals surface area contributed by atoms with Crippen LogP contribution in [-0.4, -0.2) is 23.4 Å². The molecule has 0 bridgehead atoms. The molecule has 3 heterocycles. The number of halogens is 1. The third-order valence-electron chi connectivity index (χ3n) is 5.69. The molecule has 5 rings (SSSR count). The number of benzene rings is 2. The summed E-state index contributed by atoms with van der Waals surface area (Å²) in [5.41, 5.74) is 1.43. The highest BCUT2D eigenvalue weighted by Crippen LogP contribution is 2.57. The van der Waals surface area contributed by atoms with Crippen LogP contribution in [0.25, 0.3) is 0 Å². The lowest BCUT2D eigenvalue weighted by Crippen LogP contribution is -2.51. The van der Waals surface area contributed by atoms with E-state index in [0.717, 1.165) is 21.3 Å². The Balaban J connectivity index is 1.83. The molecular formula is C20H15BrN2O3S. The number of likely N-dealkylation sites (N-methyl/N-ethyl adjacent to an activating group) is 1. The summed E-state index contributed by atoms with van der Waals surface area (Å²) in [5.74, 6) is -1.15. The smallest absolute Gasteiger partial charge is 0.322 e. The first-order valence-corrected chi connectivity index (χ1v) is 9.93. The summed E-state index contributed by atoms with van der Waals surface area (Å²) >= 11 is 9.03. The lowest BCUT2D eigenvalue weighted by atomic mass is 9.71. The minimum atomic E-state index is -1.09. The van der Waals surface area contributed by atoms with Crippen LogP contribution in [0.5, 0.6) is 5.75 Å². The molecule has 1 spiro atoms. The van der Waals surface area contributed by atoms with Gasteiger partial charge in [-0.25, -0.2) is 0 Å². The van der Waals surface area contributed by atoms with Gasteiger partial charge in [-0.3, -0.25) is 9.59 Å². The van der Waals surface area contributed by atoms with E-state index in [1.54, 1.807) is 11.0 Å². The van der Waals surface area contributed by atoms with Gasteiger partial charge in [-0.2, -0.15) is 0 Å². The van der Waals surface area contributed by atoms with E-state index in [0.29, 0.717) is 17.3 Å². The number of para-hydroxylation sites is 1. The number of nitrogens with one attached hydrogen (secondary N) is 1. The Bertz CT molecular complexity index is 1040. The summed E-state index contributed by atoms with van der Waals surface area (Å²) in [6, 6.07) is 13.2. The molecule has 0 aromatic heterocycles. The fourth-order valence-electron chi connectivity index (χ4n) is 4.65. The van der Waals surface area contributed by atoms with Gasteiger partial charge in [0.05, 0.1) is 4.99 Å². The fourth-order valence-corrected chi connectivity index (χ4v) is 5.42. The van der Waals surface area contributed by atoms with Gasteiger partial charge in [0.2, 0.25) is 0 Å². The van der Waals surface area contributed by atoms with Crippen LogP contribution < -0.4 is 15.0 Å². The van der Waals surface area contributed by atoms with Crippen LogP contribution >= 0.6 is 28.1 Å². The number of nitrogens with zero attached hydrogens (tertiary/aromatic N) is 1.